The van der Waals surface area contributed by atoms with Crippen LogP contribution in [0.25, 0.3) is 0 Å². The fourth-order valence-corrected chi connectivity index (χ4v) is 5.16. The van der Waals surface area contributed by atoms with Gasteiger partial charge in [-0.1, -0.05) is 34.6 Å². The molecule has 9 N–H and O–H groups in total. The largest absolute Gasteiger partial charge is 0.481 e. The molecule has 236 valence electrons. The standard InChI is InChI=1S/C19H39N2O16P3/c1-6-12(21-17(26)15(24)18(2,3)10-35-38(27,28)29)9-13(22)7-8-20-16(25)14(23)19(4,5)11-36-40(33,34)37-39(30,31)32/h12,14-15,23-24H,6-11H2,1-5H3,(H,20,25)(H,21,26)(H,33,34)(H2,27,28,29)(H2,30,31,32). The summed E-state index contributed by atoms with van der Waals surface area (Å²) < 4.78 is 45.6. The third-order valence-corrected chi connectivity index (χ3v) is 8.00. The van der Waals surface area contributed by atoms with Crippen molar-refractivity contribution < 1.29 is 76.1 Å². The number of carbonyl (C=O) groups excluding carboxylic acids is 3. The van der Waals surface area contributed by atoms with Crippen LogP contribution in [-0.4, -0.2) is 90.3 Å². The molecule has 40 heavy (non-hydrogen) atoms. The number of phosphoric ester groups is 2. The first-order valence-corrected chi connectivity index (χ1v) is 16.3. The van der Waals surface area contributed by atoms with Gasteiger partial charge in [0.1, 0.15) is 18.0 Å². The first-order valence-electron chi connectivity index (χ1n) is 11.7. The van der Waals surface area contributed by atoms with E-state index in [4.69, 9.17) is 19.6 Å². The number of amides is 2. The summed E-state index contributed by atoms with van der Waals surface area (Å²) in [7, 11) is -15.4. The SMILES string of the molecule is CCC(CC(=O)CCNC(=O)C(O)C(C)(C)COP(=O)(O)OP(=O)(O)O)NC(=O)C(O)C(C)(C)COP(=O)(O)O. The van der Waals surface area contributed by atoms with Crippen LogP contribution in [0, 0.1) is 10.8 Å². The van der Waals surface area contributed by atoms with Gasteiger partial charge in [0.05, 0.1) is 13.2 Å². The van der Waals surface area contributed by atoms with Gasteiger partial charge in [-0.25, -0.2) is 13.7 Å². The first-order chi connectivity index (χ1) is 17.8. The molecule has 0 heterocycles. The van der Waals surface area contributed by atoms with Crippen molar-refractivity contribution in [3.05, 3.63) is 0 Å². The van der Waals surface area contributed by atoms with Gasteiger partial charge in [-0.15, -0.1) is 0 Å². The Morgan fingerprint density at radius 2 is 1.27 bits per heavy atom. The Hall–Kier alpha value is -1.10. The van der Waals surface area contributed by atoms with Gasteiger partial charge in [0, 0.05) is 36.3 Å². The van der Waals surface area contributed by atoms with Crippen molar-refractivity contribution in [1.82, 2.24) is 10.6 Å². The highest BCUT2D eigenvalue weighted by Gasteiger charge is 2.39. The van der Waals surface area contributed by atoms with E-state index in [0.29, 0.717) is 0 Å². The number of rotatable bonds is 19. The minimum absolute atomic E-state index is 0.183. The molecule has 0 spiro atoms. The number of Topliss-reactive ketones (excluding diaryl/α,β-unsaturated/α-hetero) is 1. The van der Waals surface area contributed by atoms with E-state index in [-0.39, 0.29) is 25.8 Å². The molecule has 0 aliphatic heterocycles. The third-order valence-electron chi connectivity index (χ3n) is 5.41. The summed E-state index contributed by atoms with van der Waals surface area (Å²) in [6.45, 7) is 5.18. The molecule has 0 bridgehead atoms. The van der Waals surface area contributed by atoms with Gasteiger partial charge in [0.2, 0.25) is 11.8 Å². The van der Waals surface area contributed by atoms with Crippen LogP contribution in [-0.2, 0) is 41.4 Å². The lowest BCUT2D eigenvalue weighted by Gasteiger charge is -2.30. The molecular weight excluding hydrogens is 605 g/mol. The zero-order valence-electron chi connectivity index (χ0n) is 22.6. The number of nitrogens with one attached hydrogen (secondary N) is 2. The molecule has 0 fully saturated rings. The van der Waals surface area contributed by atoms with Gasteiger partial charge in [-0.05, 0) is 6.42 Å². The Kier molecular flexibility index (Phi) is 15.0. The Bertz CT molecular complexity index is 1020. The van der Waals surface area contributed by atoms with Crippen molar-refractivity contribution in [2.45, 2.75) is 72.1 Å². The summed E-state index contributed by atoms with van der Waals surface area (Å²) >= 11 is 0. The average molecular weight is 644 g/mol. The molecule has 0 aromatic heterocycles. The maximum absolute atomic E-state index is 12.4. The predicted octanol–water partition coefficient (Wildman–Crippen LogP) is -0.543. The quantitative estimate of drug-likeness (QED) is 0.0797. The van der Waals surface area contributed by atoms with Gasteiger partial charge in [0.25, 0.3) is 0 Å². The molecule has 18 nitrogen and oxygen atoms in total. The molecule has 0 rings (SSSR count). The number of aliphatic hydroxyl groups excluding tert-OH is 2. The van der Waals surface area contributed by atoms with Crippen LogP contribution in [0.1, 0.15) is 53.9 Å². The van der Waals surface area contributed by atoms with Crippen molar-refractivity contribution in [3.8, 4) is 0 Å². The summed E-state index contributed by atoms with van der Waals surface area (Å²) in [5.74, 6) is -2.27. The normalized spacial score (nSPS) is 16.9. The summed E-state index contributed by atoms with van der Waals surface area (Å²) in [4.78, 5) is 81.3. The Balaban J connectivity index is 4.80. The highest BCUT2D eigenvalue weighted by Crippen LogP contribution is 2.58. The minimum Gasteiger partial charge on any atom is -0.383 e. The molecule has 0 aromatic rings. The van der Waals surface area contributed by atoms with Crippen molar-refractivity contribution in [1.29, 1.82) is 0 Å². The van der Waals surface area contributed by atoms with Crippen LogP contribution in [0.2, 0.25) is 0 Å². The molecule has 4 unspecified atom stereocenters. The molecule has 2 amide bonds. The predicted molar refractivity (Wildman–Crippen MR) is 136 cm³/mol. The second kappa shape index (κ2) is 15.4. The molecule has 4 atom stereocenters. The van der Waals surface area contributed by atoms with Crippen LogP contribution in [0.5, 0.6) is 0 Å². The highest BCUT2D eigenvalue weighted by atomic mass is 31.3. The molecule has 0 saturated heterocycles. The Labute approximate surface area is 230 Å². The number of phosphoric acid groups is 3. The maximum Gasteiger partial charge on any atom is 0.481 e. The van der Waals surface area contributed by atoms with Crippen LogP contribution >= 0.6 is 23.5 Å². The smallest absolute Gasteiger partial charge is 0.383 e. The Morgan fingerprint density at radius 3 is 1.73 bits per heavy atom. The lowest BCUT2D eigenvalue weighted by molar-refractivity contribution is -0.138. The molecular formula is C19H39N2O16P3. The summed E-state index contributed by atoms with van der Waals surface area (Å²) in [6.07, 6.45) is -3.67. The molecule has 0 radical (unpaired) electrons. The van der Waals surface area contributed by atoms with Gasteiger partial charge in [0.15, 0.2) is 0 Å². The second-order valence-electron chi connectivity index (χ2n) is 10.3. The van der Waals surface area contributed by atoms with E-state index in [1.807, 2.05) is 0 Å². The third kappa shape index (κ3) is 15.8. The second-order valence-corrected chi connectivity index (χ2v) is 14.3. The van der Waals surface area contributed by atoms with Crippen LogP contribution < -0.4 is 10.6 Å². The van der Waals surface area contributed by atoms with Crippen LogP contribution in [0.15, 0.2) is 0 Å². The van der Waals surface area contributed by atoms with E-state index in [2.05, 4.69) is 24.0 Å². The number of hydrogen-bond acceptors (Lipinski definition) is 11. The summed E-state index contributed by atoms with van der Waals surface area (Å²) in [5.41, 5.74) is -2.91. The number of hydrogen-bond donors (Lipinski definition) is 9. The van der Waals surface area contributed by atoms with E-state index < -0.39 is 83.4 Å². The van der Waals surface area contributed by atoms with E-state index in [9.17, 15) is 43.2 Å². The lowest BCUT2D eigenvalue weighted by atomic mass is 9.87. The number of carbonyl (C=O) groups is 3. The van der Waals surface area contributed by atoms with Crippen molar-refractivity contribution in [3.63, 3.8) is 0 Å². The fourth-order valence-electron chi connectivity index (χ4n) is 2.90. The van der Waals surface area contributed by atoms with Gasteiger partial charge >= 0.3 is 23.5 Å². The number of ketones is 1. The summed E-state index contributed by atoms with van der Waals surface area (Å²) in [5, 5.41) is 25.3. The van der Waals surface area contributed by atoms with Crippen LogP contribution in [0.4, 0.5) is 0 Å². The maximum atomic E-state index is 12.4. The van der Waals surface area contributed by atoms with Crippen molar-refractivity contribution >= 4 is 41.1 Å². The average Bonchev–Trinajstić information content (AvgIpc) is 2.78. The van der Waals surface area contributed by atoms with Crippen LogP contribution in [0.3, 0.4) is 0 Å². The van der Waals surface area contributed by atoms with Crippen molar-refractivity contribution in [2.24, 2.45) is 10.8 Å². The van der Waals surface area contributed by atoms with Gasteiger partial charge in [-0.3, -0.25) is 23.4 Å². The zero-order valence-corrected chi connectivity index (χ0v) is 25.3. The van der Waals surface area contributed by atoms with Gasteiger partial charge in [-0.2, -0.15) is 4.31 Å². The topological polar surface area (TPSA) is 296 Å². The molecule has 0 aliphatic carbocycles. The van der Waals surface area contributed by atoms with Crippen molar-refractivity contribution in [2.75, 3.05) is 19.8 Å². The monoisotopic (exact) mass is 644 g/mol. The fraction of sp³-hybridized carbons (Fsp3) is 0.842. The minimum atomic E-state index is -5.36. The van der Waals surface area contributed by atoms with E-state index in [1.54, 1.807) is 6.92 Å². The summed E-state index contributed by atoms with van der Waals surface area (Å²) in [6, 6.07) is -0.713. The van der Waals surface area contributed by atoms with Gasteiger partial charge < -0.3 is 45.3 Å². The molecule has 0 aliphatic rings. The Morgan fingerprint density at radius 1 is 0.800 bits per heavy atom. The first kappa shape index (κ1) is 38.9. The molecule has 0 saturated carbocycles. The molecule has 0 aromatic carbocycles. The zero-order chi connectivity index (χ0) is 31.7. The molecule has 21 heteroatoms. The number of aliphatic hydroxyl groups is 2. The highest BCUT2D eigenvalue weighted by molar-refractivity contribution is 7.60. The van der Waals surface area contributed by atoms with E-state index >= 15 is 0 Å². The van der Waals surface area contributed by atoms with E-state index in [0.717, 1.165) is 0 Å². The lowest BCUT2D eigenvalue weighted by Crippen LogP contribution is -2.49. The van der Waals surface area contributed by atoms with E-state index in [1.165, 1.54) is 27.7 Å².